The third kappa shape index (κ3) is 4.22. The fraction of sp³-hybridized carbons (Fsp3) is 0.480. The molecule has 188 valence electrons. The number of aryl methyl sites for hydroxylation is 1. The van der Waals surface area contributed by atoms with Crippen molar-refractivity contribution in [3.8, 4) is 5.88 Å². The van der Waals surface area contributed by atoms with Gasteiger partial charge in [-0.2, -0.15) is 5.10 Å². The van der Waals surface area contributed by atoms with Gasteiger partial charge >= 0.3 is 5.97 Å². The molecule has 5 aliphatic rings. The molecule has 3 fully saturated rings. The summed E-state index contributed by atoms with van der Waals surface area (Å²) in [6.07, 6.45) is 7.93. The Balaban J connectivity index is 1.09. The van der Waals surface area contributed by atoms with Crippen LogP contribution in [0.5, 0.6) is 5.88 Å². The van der Waals surface area contributed by atoms with Gasteiger partial charge in [0.05, 0.1) is 42.3 Å². The highest BCUT2D eigenvalue weighted by Crippen LogP contribution is 2.46. The summed E-state index contributed by atoms with van der Waals surface area (Å²) in [5, 5.41) is 7.96. The number of hydrazone groups is 1. The zero-order chi connectivity index (χ0) is 24.8. The van der Waals surface area contributed by atoms with Gasteiger partial charge in [0.25, 0.3) is 0 Å². The highest BCUT2D eigenvalue weighted by Gasteiger charge is 2.49. The van der Waals surface area contributed by atoms with Gasteiger partial charge in [0.15, 0.2) is 11.6 Å². The number of pyridine rings is 2. The number of nitrogens with one attached hydrogen (secondary N) is 2. The monoisotopic (exact) mass is 494 g/mol. The lowest BCUT2D eigenvalue weighted by atomic mass is 9.69. The molecule has 0 atom stereocenters. The second-order valence-corrected chi connectivity index (χ2v) is 9.77. The van der Waals surface area contributed by atoms with Gasteiger partial charge in [-0.3, -0.25) is 15.4 Å². The number of fused-ring (bicyclic) bond motifs is 5. The number of carbonyl (C=O) groups excluding carboxylic acids is 1. The van der Waals surface area contributed by atoms with E-state index in [4.69, 9.17) is 14.2 Å². The van der Waals surface area contributed by atoms with E-state index in [1.807, 2.05) is 0 Å². The summed E-state index contributed by atoms with van der Waals surface area (Å²) in [6, 6.07) is 3.53. The van der Waals surface area contributed by atoms with Crippen LogP contribution in [0.25, 0.3) is 11.0 Å². The highest BCUT2D eigenvalue weighted by atomic mass is 19.1. The van der Waals surface area contributed by atoms with Crippen molar-refractivity contribution in [1.82, 2.24) is 20.7 Å². The molecule has 2 bridgehead atoms. The van der Waals surface area contributed by atoms with E-state index in [0.717, 1.165) is 31.4 Å². The van der Waals surface area contributed by atoms with Crippen LogP contribution in [0.3, 0.4) is 0 Å². The summed E-state index contributed by atoms with van der Waals surface area (Å²) in [5.74, 6) is 0.594. The van der Waals surface area contributed by atoms with E-state index < -0.39 is 0 Å². The molecule has 0 amide bonds. The number of hydrogen-bond donors (Lipinski definition) is 2. The SMILES string of the molecule is COc1ccc2ncc(F)c(CCC34CCC(NCC5=NNC6=NCC(=O)OC6=C5)(CC3)CO4)c2n1. The molecule has 0 radical (unpaired) electrons. The zero-order valence-electron chi connectivity index (χ0n) is 20.0. The maximum Gasteiger partial charge on any atom is 0.333 e. The van der Waals surface area contributed by atoms with Crippen molar-refractivity contribution in [3.63, 3.8) is 0 Å². The van der Waals surface area contributed by atoms with Gasteiger partial charge in [0, 0.05) is 29.8 Å². The van der Waals surface area contributed by atoms with Crippen molar-refractivity contribution in [2.45, 2.75) is 49.7 Å². The Labute approximate surface area is 207 Å². The molecule has 6 heterocycles. The first-order chi connectivity index (χ1) is 17.5. The van der Waals surface area contributed by atoms with Crippen molar-refractivity contribution in [3.05, 3.63) is 41.5 Å². The maximum atomic E-state index is 14.8. The molecule has 2 aromatic heterocycles. The summed E-state index contributed by atoms with van der Waals surface area (Å²) < 4.78 is 31.7. The van der Waals surface area contributed by atoms with Crippen molar-refractivity contribution in [2.75, 3.05) is 26.8 Å². The van der Waals surface area contributed by atoms with Crippen LogP contribution < -0.4 is 15.5 Å². The van der Waals surface area contributed by atoms with E-state index >= 15 is 0 Å². The molecule has 0 aromatic carbocycles. The number of hydrogen-bond acceptors (Lipinski definition) is 10. The Morgan fingerprint density at radius 2 is 2.11 bits per heavy atom. The fourth-order valence-electron chi connectivity index (χ4n) is 5.39. The number of amidine groups is 1. The van der Waals surface area contributed by atoms with Crippen molar-refractivity contribution >= 4 is 28.6 Å². The van der Waals surface area contributed by atoms with Crippen LogP contribution in [0.1, 0.15) is 37.7 Å². The molecule has 1 saturated carbocycles. The molecule has 36 heavy (non-hydrogen) atoms. The first kappa shape index (κ1) is 23.0. The molecule has 1 aliphatic carbocycles. The van der Waals surface area contributed by atoms with E-state index in [1.54, 1.807) is 25.3 Å². The van der Waals surface area contributed by atoms with Gasteiger partial charge < -0.3 is 19.5 Å². The molecule has 0 unspecified atom stereocenters. The summed E-state index contributed by atoms with van der Waals surface area (Å²) >= 11 is 0. The van der Waals surface area contributed by atoms with Crippen LogP contribution in [0.4, 0.5) is 4.39 Å². The number of rotatable bonds is 7. The summed E-state index contributed by atoms with van der Waals surface area (Å²) in [6.45, 7) is 1.09. The van der Waals surface area contributed by atoms with Crippen LogP contribution >= 0.6 is 0 Å². The Morgan fingerprint density at radius 3 is 2.89 bits per heavy atom. The summed E-state index contributed by atoms with van der Waals surface area (Å²) in [4.78, 5) is 24.2. The van der Waals surface area contributed by atoms with Crippen molar-refractivity contribution in [1.29, 1.82) is 0 Å². The lowest BCUT2D eigenvalue weighted by Crippen LogP contribution is -2.62. The normalized spacial score (nSPS) is 26.9. The first-order valence-electron chi connectivity index (χ1n) is 12.1. The lowest BCUT2D eigenvalue weighted by Gasteiger charge is -2.53. The number of aromatic nitrogens is 2. The van der Waals surface area contributed by atoms with E-state index in [9.17, 15) is 9.18 Å². The van der Waals surface area contributed by atoms with E-state index in [0.29, 0.717) is 60.1 Å². The predicted molar refractivity (Wildman–Crippen MR) is 129 cm³/mol. The topological polar surface area (TPSA) is 119 Å². The van der Waals surface area contributed by atoms with Gasteiger partial charge in [0.2, 0.25) is 5.88 Å². The van der Waals surface area contributed by atoms with Crippen LogP contribution in [-0.2, 0) is 20.7 Å². The van der Waals surface area contributed by atoms with E-state index in [1.165, 1.54) is 6.20 Å². The third-order valence-electron chi connectivity index (χ3n) is 7.62. The van der Waals surface area contributed by atoms with Gasteiger partial charge in [-0.15, -0.1) is 0 Å². The van der Waals surface area contributed by atoms with Gasteiger partial charge in [-0.25, -0.2) is 14.2 Å². The molecule has 2 N–H and O–H groups in total. The average Bonchev–Trinajstić information content (AvgIpc) is 2.92. The minimum atomic E-state index is -0.376. The number of methoxy groups -OCH3 is 1. The first-order valence-corrected chi connectivity index (χ1v) is 12.1. The quantitative estimate of drug-likeness (QED) is 0.562. The van der Waals surface area contributed by atoms with E-state index in [-0.39, 0.29) is 29.5 Å². The number of carbonyl (C=O) groups is 1. The molecule has 2 aromatic rings. The minimum Gasteiger partial charge on any atom is -0.481 e. The maximum absolute atomic E-state index is 14.8. The number of halogens is 1. The van der Waals surface area contributed by atoms with Crippen LogP contribution in [0, 0.1) is 5.82 Å². The predicted octanol–water partition coefficient (Wildman–Crippen LogP) is 2.18. The summed E-state index contributed by atoms with van der Waals surface area (Å²) in [5.41, 5.74) is 4.94. The molecular formula is C25H27FN6O4. The largest absolute Gasteiger partial charge is 0.481 e. The van der Waals surface area contributed by atoms with Crippen molar-refractivity contribution in [2.24, 2.45) is 10.1 Å². The van der Waals surface area contributed by atoms with E-state index in [2.05, 4.69) is 30.8 Å². The lowest BCUT2D eigenvalue weighted by molar-refractivity contribution is -0.164. The highest BCUT2D eigenvalue weighted by molar-refractivity contribution is 6.11. The molecule has 7 rings (SSSR count). The van der Waals surface area contributed by atoms with Gasteiger partial charge in [0.1, 0.15) is 12.4 Å². The third-order valence-corrected chi connectivity index (χ3v) is 7.62. The van der Waals surface area contributed by atoms with Crippen LogP contribution in [-0.4, -0.2) is 65.4 Å². The molecule has 11 heteroatoms. The average molecular weight is 495 g/mol. The smallest absolute Gasteiger partial charge is 0.333 e. The Hall–Kier alpha value is -3.44. The van der Waals surface area contributed by atoms with Gasteiger partial charge in [-0.1, -0.05) is 0 Å². The second-order valence-electron chi connectivity index (χ2n) is 9.77. The van der Waals surface area contributed by atoms with Crippen LogP contribution in [0.15, 0.2) is 40.3 Å². The standard InChI is InChI=1S/C25H27FN6O4/c1-34-20-3-2-18-22(30-20)16(17(26)12-27-18)4-5-25-8-6-24(7-9-25,14-35-25)29-11-15-10-19-23(32-31-15)28-13-21(33)36-19/h2-3,10,12,29H,4-9,11,13-14H2,1H3,(H,28,32). The number of nitrogens with zero attached hydrogens (tertiary/aromatic N) is 4. The van der Waals surface area contributed by atoms with Gasteiger partial charge in [-0.05, 0) is 44.6 Å². The zero-order valence-corrected chi connectivity index (χ0v) is 20.0. The van der Waals surface area contributed by atoms with Crippen LogP contribution in [0.2, 0.25) is 0 Å². The number of aliphatic imine (C=N–C) groups is 1. The number of esters is 1. The molecule has 10 nitrogen and oxygen atoms in total. The Morgan fingerprint density at radius 1 is 1.25 bits per heavy atom. The molecule has 0 spiro atoms. The fourth-order valence-corrected chi connectivity index (χ4v) is 5.39. The summed E-state index contributed by atoms with van der Waals surface area (Å²) in [7, 11) is 1.54. The van der Waals surface area contributed by atoms with Crippen molar-refractivity contribution < 1.29 is 23.4 Å². The Kier molecular flexibility index (Phi) is 5.68. The second kappa shape index (κ2) is 8.90. The minimum absolute atomic E-state index is 0.000290. The number of ether oxygens (including phenoxy) is 3. The Bertz CT molecular complexity index is 1300. The molecule has 4 aliphatic heterocycles. The molecular weight excluding hydrogens is 467 g/mol. The molecule has 2 saturated heterocycles.